The third kappa shape index (κ3) is 35.0. The van der Waals surface area contributed by atoms with Crippen molar-refractivity contribution in [3.63, 3.8) is 0 Å². The van der Waals surface area contributed by atoms with Gasteiger partial charge in [-0.15, -0.1) is 0 Å². The lowest BCUT2D eigenvalue weighted by atomic mass is 9.91. The van der Waals surface area contributed by atoms with Gasteiger partial charge in [-0.2, -0.15) is 0 Å². The molecule has 2 amide bonds. The molecular formula is C41H74N2O11. The summed E-state index contributed by atoms with van der Waals surface area (Å²) in [6, 6.07) is -1.08. The van der Waals surface area contributed by atoms with Crippen molar-refractivity contribution in [2.24, 2.45) is 5.41 Å². The van der Waals surface area contributed by atoms with Gasteiger partial charge in [-0.25, -0.2) is 4.79 Å². The molecule has 0 rings (SSSR count). The van der Waals surface area contributed by atoms with Gasteiger partial charge in [0, 0.05) is 44.2 Å². The maximum atomic E-state index is 12.3. The second kappa shape index (κ2) is 34.7. The third-order valence-corrected chi connectivity index (χ3v) is 8.89. The number of unbranched alkanes of at least 4 members (excludes halogenated alkanes) is 13. The number of carboxylic acids is 1. The Morgan fingerprint density at radius 1 is 0.537 bits per heavy atom. The summed E-state index contributed by atoms with van der Waals surface area (Å²) in [6.07, 6.45) is 18.0. The van der Waals surface area contributed by atoms with E-state index in [9.17, 15) is 33.9 Å². The molecule has 0 spiro atoms. The smallest absolute Gasteiger partial charge is 0.326 e. The van der Waals surface area contributed by atoms with Crippen LogP contribution in [0.25, 0.3) is 0 Å². The van der Waals surface area contributed by atoms with Gasteiger partial charge in [-0.05, 0) is 32.6 Å². The Labute approximate surface area is 325 Å². The fourth-order valence-corrected chi connectivity index (χ4v) is 5.41. The van der Waals surface area contributed by atoms with E-state index in [1.807, 2.05) is 20.8 Å². The van der Waals surface area contributed by atoms with Crippen molar-refractivity contribution < 1.29 is 52.8 Å². The molecule has 0 aliphatic heterocycles. The summed E-state index contributed by atoms with van der Waals surface area (Å²) in [4.78, 5) is 70.8. The van der Waals surface area contributed by atoms with E-state index in [-0.39, 0.29) is 81.3 Å². The van der Waals surface area contributed by atoms with Crippen LogP contribution in [0.2, 0.25) is 0 Å². The summed E-state index contributed by atoms with van der Waals surface area (Å²) in [5.74, 6) is -1.48. The van der Waals surface area contributed by atoms with E-state index in [4.69, 9.17) is 18.9 Å². The zero-order chi connectivity index (χ0) is 40.3. The molecule has 54 heavy (non-hydrogen) atoms. The van der Waals surface area contributed by atoms with E-state index in [1.165, 1.54) is 51.4 Å². The van der Waals surface area contributed by atoms with Crippen LogP contribution in [0.5, 0.6) is 0 Å². The molecular weight excluding hydrogens is 696 g/mol. The van der Waals surface area contributed by atoms with E-state index >= 15 is 0 Å². The number of carbonyl (C=O) groups is 6. The molecule has 1 atom stereocenters. The highest BCUT2D eigenvalue weighted by Gasteiger charge is 2.21. The molecule has 0 aliphatic carbocycles. The fraction of sp³-hybridized carbons (Fsp3) is 0.854. The minimum absolute atomic E-state index is 0.0270. The molecule has 0 heterocycles. The molecule has 0 saturated heterocycles. The molecule has 0 aromatic rings. The number of ketones is 3. The molecule has 0 unspecified atom stereocenters. The summed E-state index contributed by atoms with van der Waals surface area (Å²) in [7, 11) is 0. The maximum Gasteiger partial charge on any atom is 0.326 e. The normalized spacial score (nSPS) is 12.0. The Bertz CT molecular complexity index is 1030. The molecule has 0 fully saturated rings. The summed E-state index contributed by atoms with van der Waals surface area (Å²) in [5.41, 5.74) is -0.430. The van der Waals surface area contributed by atoms with Crippen molar-refractivity contribution >= 4 is 35.1 Å². The number of ether oxygens (including phenoxy) is 4. The summed E-state index contributed by atoms with van der Waals surface area (Å²) in [6.45, 7) is 9.18. The lowest BCUT2D eigenvalue weighted by Crippen LogP contribution is -2.41. The van der Waals surface area contributed by atoms with E-state index in [1.54, 1.807) is 6.92 Å². The third-order valence-electron chi connectivity index (χ3n) is 8.89. The van der Waals surface area contributed by atoms with Crippen molar-refractivity contribution in [2.75, 3.05) is 59.4 Å². The number of carbonyl (C=O) groups excluding carboxylic acids is 5. The highest BCUT2D eigenvalue weighted by atomic mass is 16.5. The van der Waals surface area contributed by atoms with Crippen LogP contribution in [0.1, 0.15) is 156 Å². The van der Waals surface area contributed by atoms with Crippen LogP contribution in [0, 0.1) is 5.41 Å². The molecule has 13 nitrogen and oxygen atoms in total. The lowest BCUT2D eigenvalue weighted by Gasteiger charge is -2.16. The minimum atomic E-state index is -1.14. The van der Waals surface area contributed by atoms with Gasteiger partial charge in [0.2, 0.25) is 11.8 Å². The van der Waals surface area contributed by atoms with Crippen molar-refractivity contribution in [3.8, 4) is 0 Å². The topological polar surface area (TPSA) is 184 Å². The van der Waals surface area contributed by atoms with Crippen LogP contribution < -0.4 is 10.6 Å². The largest absolute Gasteiger partial charge is 0.480 e. The minimum Gasteiger partial charge on any atom is -0.480 e. The van der Waals surface area contributed by atoms with Crippen LogP contribution in [0.15, 0.2) is 0 Å². The van der Waals surface area contributed by atoms with Crippen LogP contribution in [-0.4, -0.2) is 106 Å². The number of rotatable bonds is 39. The fourth-order valence-electron chi connectivity index (χ4n) is 5.41. The number of hydrogen-bond acceptors (Lipinski definition) is 10. The first-order valence-corrected chi connectivity index (χ1v) is 20.5. The Kier molecular flexibility index (Phi) is 33.0. The Balaban J connectivity index is 3.67. The number of amides is 2. The lowest BCUT2D eigenvalue weighted by molar-refractivity contribution is -0.142. The Hall–Kier alpha value is -2.74. The van der Waals surface area contributed by atoms with Gasteiger partial charge in [0.25, 0.3) is 0 Å². The van der Waals surface area contributed by atoms with Gasteiger partial charge < -0.3 is 39.5 Å². The van der Waals surface area contributed by atoms with Gasteiger partial charge in [-0.3, -0.25) is 19.2 Å². The predicted molar refractivity (Wildman–Crippen MR) is 208 cm³/mol. The van der Waals surface area contributed by atoms with Gasteiger partial charge in [0.15, 0.2) is 5.78 Å². The molecule has 3 N–H and O–H groups in total. The van der Waals surface area contributed by atoms with Gasteiger partial charge in [-0.1, -0.05) is 97.8 Å². The van der Waals surface area contributed by atoms with Crippen molar-refractivity contribution in [1.29, 1.82) is 0 Å². The van der Waals surface area contributed by atoms with E-state index in [0.29, 0.717) is 39.4 Å². The van der Waals surface area contributed by atoms with Crippen LogP contribution in [0.3, 0.4) is 0 Å². The molecule has 0 saturated carbocycles. The van der Waals surface area contributed by atoms with Gasteiger partial charge >= 0.3 is 5.97 Å². The number of hydrogen-bond donors (Lipinski definition) is 3. The highest BCUT2D eigenvalue weighted by Crippen LogP contribution is 2.15. The van der Waals surface area contributed by atoms with Crippen LogP contribution in [-0.2, 0) is 47.7 Å². The molecule has 0 bridgehead atoms. The molecule has 13 heteroatoms. The second-order valence-corrected chi connectivity index (χ2v) is 15.1. The monoisotopic (exact) mass is 771 g/mol. The molecule has 0 aromatic heterocycles. The second-order valence-electron chi connectivity index (χ2n) is 15.1. The van der Waals surface area contributed by atoms with E-state index in [0.717, 1.165) is 44.9 Å². The van der Waals surface area contributed by atoms with Crippen molar-refractivity contribution in [3.05, 3.63) is 0 Å². The highest BCUT2D eigenvalue weighted by molar-refractivity contribution is 5.85. The SMILES string of the molecule is CC(=O)CCCCCCCCCCCCCCCCC(=O)N[C@@H](CCC(=O)CCCOCCOCC(=O)NCCOCCOCC(=O)C(C)(C)C)C(=O)O. The van der Waals surface area contributed by atoms with Crippen LogP contribution in [0.4, 0.5) is 0 Å². The number of Topliss-reactive ketones (excluding diaryl/α,β-unsaturated/α-hetero) is 3. The summed E-state index contributed by atoms with van der Waals surface area (Å²) >= 11 is 0. The average molecular weight is 771 g/mol. The Morgan fingerprint density at radius 2 is 1.02 bits per heavy atom. The van der Waals surface area contributed by atoms with Gasteiger partial charge in [0.05, 0.1) is 33.0 Å². The predicted octanol–water partition coefficient (Wildman–Crippen LogP) is 6.31. The molecule has 314 valence electrons. The van der Waals surface area contributed by atoms with E-state index < -0.39 is 17.4 Å². The van der Waals surface area contributed by atoms with Crippen LogP contribution >= 0.6 is 0 Å². The summed E-state index contributed by atoms with van der Waals surface area (Å²) in [5, 5.41) is 14.8. The molecule has 0 aromatic carbocycles. The zero-order valence-corrected chi connectivity index (χ0v) is 34.1. The van der Waals surface area contributed by atoms with Crippen molar-refractivity contribution in [1.82, 2.24) is 10.6 Å². The molecule has 0 radical (unpaired) electrons. The van der Waals surface area contributed by atoms with Gasteiger partial charge in [0.1, 0.15) is 30.8 Å². The zero-order valence-electron chi connectivity index (χ0n) is 34.1. The first-order valence-electron chi connectivity index (χ1n) is 20.5. The van der Waals surface area contributed by atoms with E-state index in [2.05, 4.69) is 10.6 Å². The maximum absolute atomic E-state index is 12.3. The first-order chi connectivity index (χ1) is 25.8. The Morgan fingerprint density at radius 3 is 1.54 bits per heavy atom. The first kappa shape index (κ1) is 51.3. The average Bonchev–Trinajstić information content (AvgIpc) is 3.11. The molecule has 0 aliphatic rings. The quantitative estimate of drug-likeness (QED) is 0.0595. The van der Waals surface area contributed by atoms with Crippen molar-refractivity contribution in [2.45, 2.75) is 162 Å². The number of nitrogens with one attached hydrogen (secondary N) is 2. The number of carboxylic acid groups (broad SMARTS) is 1. The summed E-state index contributed by atoms with van der Waals surface area (Å²) < 4.78 is 21.4. The number of aliphatic carboxylic acids is 1. The standard InChI is InChI=1S/C41H74N2O11/c1-34(44)20-17-15-13-11-9-7-5-6-8-10-12-14-16-18-22-38(47)43-36(40(49)50)24-23-35(45)21-19-26-51-28-31-54-33-39(48)42-25-27-52-29-30-53-32-37(46)41(2,3)4/h36H,5-33H2,1-4H3,(H,42,48)(H,43,47)(H,49,50)/t36-/m0/s1.